The van der Waals surface area contributed by atoms with E-state index in [4.69, 9.17) is 4.74 Å². The molecule has 7 heteroatoms. The molecule has 2 heterocycles. The molecule has 1 aromatic heterocycles. The van der Waals surface area contributed by atoms with Gasteiger partial charge in [-0.2, -0.15) is 0 Å². The maximum atomic E-state index is 12.0. The summed E-state index contributed by atoms with van der Waals surface area (Å²) in [6.07, 6.45) is 3.52. The van der Waals surface area contributed by atoms with Crippen LogP contribution in [-0.2, 0) is 11.2 Å². The highest BCUT2D eigenvalue weighted by molar-refractivity contribution is 5.84. The molecule has 0 saturated carbocycles. The number of carbonyl (C=O) groups excluding carboxylic acids is 1. The number of carbonyl (C=O) groups is 1. The largest absolute Gasteiger partial charge is 0.444 e. The van der Waals surface area contributed by atoms with Gasteiger partial charge in [0.1, 0.15) is 5.60 Å². The van der Waals surface area contributed by atoms with Crippen molar-refractivity contribution in [3.05, 3.63) is 35.5 Å². The number of hydrogen-bond donors (Lipinski definition) is 3. The first-order chi connectivity index (χ1) is 13.7. The zero-order chi connectivity index (χ0) is 21.0. The Morgan fingerprint density at radius 2 is 2.17 bits per heavy atom. The Morgan fingerprint density at radius 3 is 2.90 bits per heavy atom. The van der Waals surface area contributed by atoms with Crippen molar-refractivity contribution in [1.82, 2.24) is 20.5 Å². The molecule has 1 fully saturated rings. The van der Waals surface area contributed by atoms with Crippen molar-refractivity contribution >= 4 is 23.0 Å². The van der Waals surface area contributed by atoms with Crippen LogP contribution in [0.4, 0.5) is 4.79 Å². The third-order valence-corrected chi connectivity index (χ3v) is 5.02. The molecule has 3 rings (SSSR count). The maximum Gasteiger partial charge on any atom is 0.407 e. The number of H-pyrrole nitrogens is 1. The SMILES string of the molecule is CN=C(NCCc1c[nH]c2cc(C)ccc12)N1CCC(NC(=O)OC(C)(C)C)C1. The van der Waals surface area contributed by atoms with Crippen LogP contribution in [0.2, 0.25) is 0 Å². The van der Waals surface area contributed by atoms with E-state index in [1.54, 1.807) is 7.05 Å². The Morgan fingerprint density at radius 1 is 1.38 bits per heavy atom. The monoisotopic (exact) mass is 399 g/mol. The van der Waals surface area contributed by atoms with Crippen molar-refractivity contribution < 1.29 is 9.53 Å². The van der Waals surface area contributed by atoms with Gasteiger partial charge in [0.15, 0.2) is 5.96 Å². The molecular weight excluding hydrogens is 366 g/mol. The minimum Gasteiger partial charge on any atom is -0.444 e. The molecule has 0 aliphatic carbocycles. The second kappa shape index (κ2) is 8.76. The van der Waals surface area contributed by atoms with Crippen molar-refractivity contribution in [1.29, 1.82) is 0 Å². The number of alkyl carbamates (subject to hydrolysis) is 1. The number of nitrogens with one attached hydrogen (secondary N) is 3. The number of aliphatic imine (C=N–C) groups is 1. The van der Waals surface area contributed by atoms with Crippen LogP contribution in [0, 0.1) is 6.92 Å². The first-order valence-electron chi connectivity index (χ1n) is 10.3. The fourth-order valence-electron chi connectivity index (χ4n) is 3.69. The Kier molecular flexibility index (Phi) is 6.35. The first kappa shape index (κ1) is 21.0. The second-order valence-electron chi connectivity index (χ2n) is 8.66. The molecule has 2 aromatic rings. The molecule has 0 bridgehead atoms. The smallest absolute Gasteiger partial charge is 0.407 e. The van der Waals surface area contributed by atoms with Crippen molar-refractivity contribution in [2.75, 3.05) is 26.7 Å². The summed E-state index contributed by atoms with van der Waals surface area (Å²) in [4.78, 5) is 21.9. The molecule has 1 aliphatic heterocycles. The fourth-order valence-corrected chi connectivity index (χ4v) is 3.69. The van der Waals surface area contributed by atoms with Gasteiger partial charge in [0.25, 0.3) is 0 Å². The number of nitrogens with zero attached hydrogens (tertiary/aromatic N) is 2. The number of amides is 1. The zero-order valence-electron chi connectivity index (χ0n) is 18.1. The summed E-state index contributed by atoms with van der Waals surface area (Å²) in [5, 5.41) is 7.69. The summed E-state index contributed by atoms with van der Waals surface area (Å²) in [5.41, 5.74) is 3.25. The van der Waals surface area contributed by atoms with Gasteiger partial charge in [0, 0.05) is 43.8 Å². The van der Waals surface area contributed by atoms with E-state index < -0.39 is 5.60 Å². The van der Waals surface area contributed by atoms with Crippen LogP contribution in [0.3, 0.4) is 0 Å². The number of likely N-dealkylation sites (tertiary alicyclic amines) is 1. The van der Waals surface area contributed by atoms with Gasteiger partial charge in [-0.15, -0.1) is 0 Å². The fraction of sp³-hybridized carbons (Fsp3) is 0.545. The molecule has 1 atom stereocenters. The van der Waals surface area contributed by atoms with E-state index in [1.165, 1.54) is 22.0 Å². The van der Waals surface area contributed by atoms with Gasteiger partial charge in [-0.3, -0.25) is 4.99 Å². The Labute approximate surface area is 172 Å². The van der Waals surface area contributed by atoms with Gasteiger partial charge in [0.2, 0.25) is 0 Å². The van der Waals surface area contributed by atoms with E-state index in [1.807, 2.05) is 20.8 Å². The highest BCUT2D eigenvalue weighted by Crippen LogP contribution is 2.19. The van der Waals surface area contributed by atoms with Crippen LogP contribution >= 0.6 is 0 Å². The van der Waals surface area contributed by atoms with Crippen molar-refractivity contribution in [2.24, 2.45) is 4.99 Å². The first-order valence-corrected chi connectivity index (χ1v) is 10.3. The Bertz CT molecular complexity index is 881. The molecule has 1 saturated heterocycles. The number of rotatable bonds is 4. The Balaban J connectivity index is 1.48. The predicted octanol–water partition coefficient (Wildman–Crippen LogP) is 3.19. The number of fused-ring (bicyclic) bond motifs is 1. The van der Waals surface area contributed by atoms with E-state index in [0.717, 1.165) is 38.4 Å². The quantitative estimate of drug-likeness (QED) is 0.545. The minimum atomic E-state index is -0.485. The number of ether oxygens (including phenoxy) is 1. The predicted molar refractivity (Wildman–Crippen MR) is 117 cm³/mol. The lowest BCUT2D eigenvalue weighted by molar-refractivity contribution is 0.0507. The van der Waals surface area contributed by atoms with Crippen LogP contribution in [0.15, 0.2) is 29.4 Å². The molecule has 7 nitrogen and oxygen atoms in total. The van der Waals surface area contributed by atoms with E-state index in [9.17, 15) is 4.79 Å². The average molecular weight is 400 g/mol. The number of hydrogen-bond acceptors (Lipinski definition) is 3. The van der Waals surface area contributed by atoms with E-state index in [-0.39, 0.29) is 12.1 Å². The third kappa shape index (κ3) is 5.65. The minimum absolute atomic E-state index is 0.0697. The molecule has 0 spiro atoms. The molecule has 1 amide bonds. The lowest BCUT2D eigenvalue weighted by atomic mass is 10.1. The van der Waals surface area contributed by atoms with E-state index in [0.29, 0.717) is 0 Å². The number of benzene rings is 1. The van der Waals surface area contributed by atoms with Gasteiger partial charge in [0.05, 0.1) is 6.04 Å². The molecule has 1 aliphatic rings. The van der Waals surface area contributed by atoms with Crippen molar-refractivity contribution in [3.8, 4) is 0 Å². The summed E-state index contributed by atoms with van der Waals surface area (Å²) in [7, 11) is 1.80. The summed E-state index contributed by atoms with van der Waals surface area (Å²) in [6.45, 7) is 10.1. The molecular formula is C22H33N5O2. The number of aromatic nitrogens is 1. The second-order valence-corrected chi connectivity index (χ2v) is 8.66. The number of guanidine groups is 1. The van der Waals surface area contributed by atoms with Crippen LogP contribution in [-0.4, -0.2) is 60.3 Å². The standard InChI is InChI=1S/C22H33N5O2/c1-15-6-7-18-16(13-25-19(18)12-15)8-10-24-20(23-5)27-11-9-17(14-27)26-21(28)29-22(2,3)4/h6-7,12-13,17,25H,8-11,14H2,1-5H3,(H,23,24)(H,26,28). The van der Waals surface area contributed by atoms with Gasteiger partial charge in [-0.1, -0.05) is 12.1 Å². The summed E-state index contributed by atoms with van der Waals surface area (Å²) >= 11 is 0. The molecule has 29 heavy (non-hydrogen) atoms. The van der Waals surface area contributed by atoms with Crippen LogP contribution in [0.1, 0.15) is 38.3 Å². The Hall–Kier alpha value is -2.70. The molecule has 0 radical (unpaired) electrons. The van der Waals surface area contributed by atoms with Crippen LogP contribution < -0.4 is 10.6 Å². The highest BCUT2D eigenvalue weighted by atomic mass is 16.6. The van der Waals surface area contributed by atoms with E-state index >= 15 is 0 Å². The summed E-state index contributed by atoms with van der Waals surface area (Å²) in [6, 6.07) is 6.57. The molecule has 1 aromatic carbocycles. The van der Waals surface area contributed by atoms with E-state index in [2.05, 4.69) is 56.8 Å². The lowest BCUT2D eigenvalue weighted by Gasteiger charge is -2.23. The maximum absolute atomic E-state index is 12.0. The summed E-state index contributed by atoms with van der Waals surface area (Å²) < 4.78 is 5.35. The van der Waals surface area contributed by atoms with Gasteiger partial charge >= 0.3 is 6.09 Å². The van der Waals surface area contributed by atoms with Crippen LogP contribution in [0.25, 0.3) is 10.9 Å². The van der Waals surface area contributed by atoms with Crippen LogP contribution in [0.5, 0.6) is 0 Å². The van der Waals surface area contributed by atoms with Crippen molar-refractivity contribution in [3.63, 3.8) is 0 Å². The average Bonchev–Trinajstić information content (AvgIpc) is 3.24. The topological polar surface area (TPSA) is 81.8 Å². The van der Waals surface area contributed by atoms with Gasteiger partial charge in [-0.25, -0.2) is 4.79 Å². The third-order valence-electron chi connectivity index (χ3n) is 5.02. The molecule has 3 N–H and O–H groups in total. The highest BCUT2D eigenvalue weighted by Gasteiger charge is 2.27. The normalized spacial score (nSPS) is 17.6. The summed E-state index contributed by atoms with van der Waals surface area (Å²) in [5.74, 6) is 0.870. The molecule has 158 valence electrons. The number of aromatic amines is 1. The molecule has 1 unspecified atom stereocenters. The van der Waals surface area contributed by atoms with Gasteiger partial charge in [-0.05, 0) is 57.7 Å². The van der Waals surface area contributed by atoms with Crippen molar-refractivity contribution in [2.45, 2.75) is 52.2 Å². The lowest BCUT2D eigenvalue weighted by Crippen LogP contribution is -2.44. The zero-order valence-corrected chi connectivity index (χ0v) is 18.1. The number of aryl methyl sites for hydroxylation is 1. The van der Waals surface area contributed by atoms with Gasteiger partial charge < -0.3 is 25.3 Å².